The Morgan fingerprint density at radius 3 is 2.31 bits per heavy atom. The molecule has 0 radical (unpaired) electrons. The van der Waals surface area contributed by atoms with Gasteiger partial charge in [-0.25, -0.2) is 18.6 Å². The molecule has 3 heterocycles. The lowest BCUT2D eigenvalue weighted by Gasteiger charge is -2.53. The maximum absolute atomic E-state index is 13.6. The number of hydrogen-bond donors (Lipinski definition) is 0. The summed E-state index contributed by atoms with van der Waals surface area (Å²) in [6.45, 7) is 6.41. The molecule has 3 aliphatic heterocycles. The Morgan fingerprint density at radius 1 is 1.10 bits per heavy atom. The van der Waals surface area contributed by atoms with Crippen LogP contribution in [-0.4, -0.2) is 46.8 Å². The zero-order valence-electron chi connectivity index (χ0n) is 16.8. The second kappa shape index (κ2) is 7.07. The Balaban J connectivity index is 1.44. The average molecular weight is 405 g/mol. The van der Waals surface area contributed by atoms with Gasteiger partial charge in [0.1, 0.15) is 17.2 Å². The third-order valence-electron chi connectivity index (χ3n) is 5.79. The Kier molecular flexibility index (Phi) is 4.83. The molecule has 0 aromatic heterocycles. The van der Waals surface area contributed by atoms with E-state index in [0.29, 0.717) is 25.1 Å². The van der Waals surface area contributed by atoms with Gasteiger partial charge in [-0.05, 0) is 56.7 Å². The van der Waals surface area contributed by atoms with E-state index in [4.69, 9.17) is 4.74 Å². The highest BCUT2D eigenvalue weighted by molar-refractivity contribution is 5.84. The molecular weight excluding hydrogens is 380 g/mol. The summed E-state index contributed by atoms with van der Waals surface area (Å²) in [6.07, 6.45) is 2.55. The number of halogens is 2. The Morgan fingerprint density at radius 2 is 1.72 bits per heavy atom. The molecule has 29 heavy (non-hydrogen) atoms. The summed E-state index contributed by atoms with van der Waals surface area (Å²) in [5.41, 5.74) is -0.167. The molecule has 4 aliphatic rings. The number of carbonyl (C=O) groups is 2. The second-order valence-corrected chi connectivity index (χ2v) is 9.10. The Labute approximate surface area is 168 Å². The van der Waals surface area contributed by atoms with E-state index in [9.17, 15) is 18.4 Å². The first kappa shape index (κ1) is 19.8. The van der Waals surface area contributed by atoms with Crippen LogP contribution in [0.25, 0.3) is 0 Å². The molecule has 0 spiro atoms. The molecule has 1 aromatic carbocycles. The van der Waals surface area contributed by atoms with Gasteiger partial charge in [0.2, 0.25) is 5.91 Å². The van der Waals surface area contributed by atoms with Crippen molar-refractivity contribution < 1.29 is 23.1 Å². The largest absolute Gasteiger partial charge is 0.444 e. The fraction of sp³-hybridized carbons (Fsp3) is 0.571. The molecule has 8 heteroatoms. The minimum absolute atomic E-state index is 0.0504. The van der Waals surface area contributed by atoms with Crippen LogP contribution in [0.2, 0.25) is 0 Å². The summed E-state index contributed by atoms with van der Waals surface area (Å²) in [4.78, 5) is 27.2. The minimum atomic E-state index is -0.673. The van der Waals surface area contributed by atoms with E-state index < -0.39 is 23.3 Å². The molecule has 2 saturated heterocycles. The van der Waals surface area contributed by atoms with Crippen LogP contribution in [0, 0.1) is 29.4 Å². The molecule has 1 aliphatic carbocycles. The van der Waals surface area contributed by atoms with Crippen LogP contribution < -0.4 is 0 Å². The maximum Gasteiger partial charge on any atom is 0.410 e. The number of hydrazone groups is 1. The van der Waals surface area contributed by atoms with Crippen molar-refractivity contribution in [2.75, 3.05) is 13.1 Å². The van der Waals surface area contributed by atoms with Crippen LogP contribution in [0.15, 0.2) is 23.3 Å². The lowest BCUT2D eigenvalue weighted by atomic mass is 9.61. The number of amides is 2. The summed E-state index contributed by atoms with van der Waals surface area (Å²) >= 11 is 0. The van der Waals surface area contributed by atoms with Crippen molar-refractivity contribution in [3.05, 3.63) is 35.4 Å². The molecule has 6 nitrogen and oxygen atoms in total. The standard InChI is InChI=1S/C21H25F2N3O3/c1-21(2,3)29-20(28)25-10-13-6-14(11-25)18(13)19(27)26-17(4-5-24-26)12-7-15(22)9-16(23)8-12/h5,7-9,13-14,17-18H,4,6,10-11H2,1-3H3. The summed E-state index contributed by atoms with van der Waals surface area (Å²) in [5, 5.41) is 5.56. The quantitative estimate of drug-likeness (QED) is 0.753. The number of nitrogens with zero attached hydrogens (tertiary/aromatic N) is 3. The van der Waals surface area contributed by atoms with Crippen LogP contribution in [0.4, 0.5) is 13.6 Å². The van der Waals surface area contributed by atoms with Gasteiger partial charge in [-0.1, -0.05) is 0 Å². The van der Waals surface area contributed by atoms with E-state index in [1.54, 1.807) is 11.1 Å². The number of ether oxygens (including phenoxy) is 1. The third-order valence-corrected chi connectivity index (χ3v) is 5.79. The summed E-state index contributed by atoms with van der Waals surface area (Å²) in [6, 6.07) is 2.80. The van der Waals surface area contributed by atoms with Crippen molar-refractivity contribution in [1.29, 1.82) is 0 Å². The van der Waals surface area contributed by atoms with Gasteiger partial charge in [-0.3, -0.25) is 4.79 Å². The number of benzene rings is 1. The van der Waals surface area contributed by atoms with Crippen molar-refractivity contribution in [1.82, 2.24) is 9.91 Å². The second-order valence-electron chi connectivity index (χ2n) is 9.10. The van der Waals surface area contributed by atoms with Crippen molar-refractivity contribution in [2.45, 2.75) is 45.3 Å². The maximum atomic E-state index is 13.6. The average Bonchev–Trinajstić information content (AvgIpc) is 3.09. The highest BCUT2D eigenvalue weighted by Crippen LogP contribution is 2.48. The zero-order valence-corrected chi connectivity index (χ0v) is 16.8. The third kappa shape index (κ3) is 3.84. The number of fused-ring (bicyclic) bond motifs is 2. The van der Waals surface area contributed by atoms with Gasteiger partial charge in [0, 0.05) is 37.7 Å². The Hall–Kier alpha value is -2.51. The van der Waals surface area contributed by atoms with Crippen molar-refractivity contribution in [3.63, 3.8) is 0 Å². The normalized spacial score (nSPS) is 28.3. The molecule has 2 amide bonds. The van der Waals surface area contributed by atoms with Gasteiger partial charge in [-0.2, -0.15) is 5.10 Å². The molecule has 156 valence electrons. The first-order chi connectivity index (χ1) is 13.6. The van der Waals surface area contributed by atoms with Crippen LogP contribution >= 0.6 is 0 Å². The van der Waals surface area contributed by atoms with Crippen molar-refractivity contribution in [3.8, 4) is 0 Å². The van der Waals surface area contributed by atoms with Gasteiger partial charge in [0.15, 0.2) is 0 Å². The molecule has 3 fully saturated rings. The van der Waals surface area contributed by atoms with Gasteiger partial charge < -0.3 is 9.64 Å². The molecule has 3 unspecified atom stereocenters. The van der Waals surface area contributed by atoms with E-state index >= 15 is 0 Å². The highest BCUT2D eigenvalue weighted by Gasteiger charge is 2.54. The van der Waals surface area contributed by atoms with E-state index in [-0.39, 0.29) is 29.8 Å². The predicted molar refractivity (Wildman–Crippen MR) is 102 cm³/mol. The lowest BCUT2D eigenvalue weighted by molar-refractivity contribution is -0.154. The van der Waals surface area contributed by atoms with E-state index in [0.717, 1.165) is 12.5 Å². The van der Waals surface area contributed by atoms with Crippen molar-refractivity contribution in [2.24, 2.45) is 22.9 Å². The lowest BCUT2D eigenvalue weighted by Crippen LogP contribution is -2.61. The molecule has 1 saturated carbocycles. The molecule has 1 aromatic rings. The minimum Gasteiger partial charge on any atom is -0.444 e. The van der Waals surface area contributed by atoms with E-state index in [1.807, 2.05) is 20.8 Å². The number of carbonyl (C=O) groups excluding carboxylic acids is 2. The summed E-state index contributed by atoms with van der Waals surface area (Å²) in [5.74, 6) is -1.62. The number of hydrogen-bond acceptors (Lipinski definition) is 4. The van der Waals surface area contributed by atoms with Crippen LogP contribution in [-0.2, 0) is 9.53 Å². The first-order valence-electron chi connectivity index (χ1n) is 9.92. The van der Waals surface area contributed by atoms with Crippen LogP contribution in [0.5, 0.6) is 0 Å². The SMILES string of the molecule is CC(C)(C)OC(=O)N1CC2CC(C1)C2C(=O)N1N=CCC1c1cc(F)cc(F)c1. The molecule has 2 bridgehead atoms. The van der Waals surface area contributed by atoms with Gasteiger partial charge in [-0.15, -0.1) is 0 Å². The van der Waals surface area contributed by atoms with E-state index in [2.05, 4.69) is 5.10 Å². The summed E-state index contributed by atoms with van der Waals surface area (Å²) < 4.78 is 32.7. The molecule has 0 N–H and O–H groups in total. The predicted octanol–water partition coefficient (Wildman–Crippen LogP) is 3.73. The van der Waals surface area contributed by atoms with Gasteiger partial charge >= 0.3 is 6.09 Å². The number of piperidine rings is 2. The fourth-order valence-corrected chi connectivity index (χ4v) is 4.59. The first-order valence-corrected chi connectivity index (χ1v) is 9.92. The fourth-order valence-electron chi connectivity index (χ4n) is 4.59. The van der Waals surface area contributed by atoms with Crippen LogP contribution in [0.1, 0.15) is 45.2 Å². The molecule has 5 rings (SSSR count). The summed E-state index contributed by atoms with van der Waals surface area (Å²) in [7, 11) is 0. The van der Waals surface area contributed by atoms with E-state index in [1.165, 1.54) is 17.1 Å². The smallest absolute Gasteiger partial charge is 0.410 e. The number of rotatable bonds is 2. The van der Waals surface area contributed by atoms with Crippen LogP contribution in [0.3, 0.4) is 0 Å². The molecular formula is C21H25F2N3O3. The van der Waals surface area contributed by atoms with Gasteiger partial charge in [0.25, 0.3) is 0 Å². The van der Waals surface area contributed by atoms with Crippen molar-refractivity contribution >= 4 is 18.2 Å². The topological polar surface area (TPSA) is 62.2 Å². The van der Waals surface area contributed by atoms with Gasteiger partial charge in [0.05, 0.1) is 6.04 Å². The monoisotopic (exact) mass is 405 g/mol. The zero-order chi connectivity index (χ0) is 20.9. The highest BCUT2D eigenvalue weighted by atomic mass is 19.1. The Bertz CT molecular complexity index is 835. The molecule has 3 atom stereocenters.